The molecule has 9 heteroatoms. The quantitative estimate of drug-likeness (QED) is 0.587. The minimum atomic E-state index is -1.16. The maximum atomic E-state index is 12.6. The second kappa shape index (κ2) is 6.86. The van der Waals surface area contributed by atoms with Gasteiger partial charge in [-0.05, 0) is 36.8 Å². The average molecular weight is 390 g/mol. The lowest BCUT2D eigenvalue weighted by atomic mass is 9.91. The van der Waals surface area contributed by atoms with E-state index >= 15 is 0 Å². The molecule has 1 aromatic heterocycles. The van der Waals surface area contributed by atoms with Gasteiger partial charge in [0.25, 0.3) is 11.8 Å². The Morgan fingerprint density at radius 2 is 1.90 bits per heavy atom. The molecule has 0 bridgehead atoms. The highest BCUT2D eigenvalue weighted by atomic mass is 16.2. The second-order valence-corrected chi connectivity index (χ2v) is 6.91. The van der Waals surface area contributed by atoms with Crippen LogP contribution in [0.1, 0.15) is 22.8 Å². The summed E-state index contributed by atoms with van der Waals surface area (Å²) < 4.78 is 1.79. The molecule has 1 saturated heterocycles. The summed E-state index contributed by atoms with van der Waals surface area (Å²) in [6, 6.07) is 13.3. The normalized spacial score (nSPS) is 18.3. The number of hydrogen-bond donors (Lipinski definition) is 3. The maximum absolute atomic E-state index is 12.6. The number of carbonyl (C=O) groups excluding carboxylic acids is 3. The van der Waals surface area contributed by atoms with Crippen molar-refractivity contribution in [2.75, 3.05) is 5.32 Å². The summed E-state index contributed by atoms with van der Waals surface area (Å²) in [5.74, 6) is -0.0346. The van der Waals surface area contributed by atoms with E-state index in [1.807, 2.05) is 25.2 Å². The second-order valence-electron chi connectivity index (χ2n) is 6.91. The molecule has 4 rings (SSSR count). The van der Waals surface area contributed by atoms with Gasteiger partial charge in [-0.1, -0.05) is 24.3 Å². The number of benzene rings is 2. The molecule has 1 fully saturated rings. The molecule has 4 amide bonds. The van der Waals surface area contributed by atoms with E-state index in [9.17, 15) is 14.4 Å². The first kappa shape index (κ1) is 18.4. The van der Waals surface area contributed by atoms with E-state index in [0.717, 1.165) is 5.56 Å². The fourth-order valence-corrected chi connectivity index (χ4v) is 3.19. The third-order valence-corrected chi connectivity index (χ3v) is 4.86. The van der Waals surface area contributed by atoms with Gasteiger partial charge in [0.15, 0.2) is 5.82 Å². The third kappa shape index (κ3) is 3.33. The van der Waals surface area contributed by atoms with Crippen LogP contribution in [0.4, 0.5) is 10.5 Å². The third-order valence-electron chi connectivity index (χ3n) is 4.86. The molecule has 1 atom stereocenters. The number of hydrogen-bond acceptors (Lipinski definition) is 5. The van der Waals surface area contributed by atoms with E-state index < -0.39 is 17.5 Å². The Hall–Kier alpha value is -4.01. The van der Waals surface area contributed by atoms with Crippen molar-refractivity contribution in [1.29, 1.82) is 0 Å². The molecule has 0 spiro atoms. The number of imide groups is 1. The number of nitrogens with zero attached hydrogens (tertiary/aromatic N) is 3. The van der Waals surface area contributed by atoms with Crippen LogP contribution < -0.4 is 16.0 Å². The largest absolute Gasteiger partial charge is 0.322 e. The first-order valence-electron chi connectivity index (χ1n) is 8.87. The molecule has 1 aliphatic heterocycles. The lowest BCUT2D eigenvalue weighted by Crippen LogP contribution is -2.40. The van der Waals surface area contributed by atoms with Gasteiger partial charge in [0, 0.05) is 23.9 Å². The smallest absolute Gasteiger partial charge is 0.322 e. The van der Waals surface area contributed by atoms with Crippen LogP contribution in [0, 0.1) is 0 Å². The van der Waals surface area contributed by atoms with E-state index in [0.29, 0.717) is 22.6 Å². The molecule has 1 aliphatic rings. The summed E-state index contributed by atoms with van der Waals surface area (Å²) in [5, 5.41) is 15.6. The van der Waals surface area contributed by atoms with Gasteiger partial charge in [-0.3, -0.25) is 14.9 Å². The van der Waals surface area contributed by atoms with Crippen molar-refractivity contribution in [3.8, 4) is 11.4 Å². The van der Waals surface area contributed by atoms with E-state index in [-0.39, 0.29) is 5.91 Å². The molecule has 0 saturated carbocycles. The Kier molecular flexibility index (Phi) is 4.34. The monoisotopic (exact) mass is 390 g/mol. The van der Waals surface area contributed by atoms with Crippen LogP contribution in [-0.2, 0) is 17.4 Å². The molecule has 29 heavy (non-hydrogen) atoms. The van der Waals surface area contributed by atoms with E-state index in [1.165, 1.54) is 0 Å². The molecule has 0 aliphatic carbocycles. The van der Waals surface area contributed by atoms with Crippen molar-refractivity contribution < 1.29 is 14.4 Å². The molecule has 3 N–H and O–H groups in total. The molecule has 9 nitrogen and oxygen atoms in total. The van der Waals surface area contributed by atoms with Crippen molar-refractivity contribution in [2.45, 2.75) is 12.5 Å². The van der Waals surface area contributed by atoms with Crippen molar-refractivity contribution in [3.05, 3.63) is 66.0 Å². The van der Waals surface area contributed by atoms with E-state index in [2.05, 4.69) is 26.1 Å². The average Bonchev–Trinajstić information content (AvgIpc) is 3.24. The van der Waals surface area contributed by atoms with Crippen molar-refractivity contribution in [2.24, 2.45) is 7.05 Å². The highest BCUT2D eigenvalue weighted by Gasteiger charge is 2.43. The van der Waals surface area contributed by atoms with Gasteiger partial charge in [0.05, 0.1) is 0 Å². The number of rotatable bonds is 4. The maximum Gasteiger partial charge on any atom is 0.322 e. The van der Waals surface area contributed by atoms with Crippen LogP contribution >= 0.6 is 0 Å². The Morgan fingerprint density at radius 1 is 1.14 bits per heavy atom. The topological polar surface area (TPSA) is 118 Å². The Labute approximate surface area is 166 Å². The zero-order valence-corrected chi connectivity index (χ0v) is 15.8. The number of aromatic nitrogens is 3. The van der Waals surface area contributed by atoms with Gasteiger partial charge in [0.1, 0.15) is 11.9 Å². The molecule has 1 unspecified atom stereocenters. The molecule has 2 aromatic carbocycles. The summed E-state index contributed by atoms with van der Waals surface area (Å²) in [5.41, 5.74) is 1.30. The summed E-state index contributed by atoms with van der Waals surface area (Å²) in [6.45, 7) is 1.61. The van der Waals surface area contributed by atoms with Gasteiger partial charge >= 0.3 is 6.03 Å². The van der Waals surface area contributed by atoms with Crippen LogP contribution in [0.15, 0.2) is 54.9 Å². The van der Waals surface area contributed by atoms with Crippen molar-refractivity contribution in [1.82, 2.24) is 25.4 Å². The predicted molar refractivity (Wildman–Crippen MR) is 105 cm³/mol. The van der Waals surface area contributed by atoms with Gasteiger partial charge in [-0.15, -0.1) is 10.2 Å². The van der Waals surface area contributed by atoms with Crippen molar-refractivity contribution >= 4 is 23.5 Å². The fraction of sp³-hybridized carbons (Fsp3) is 0.150. The predicted octanol–water partition coefficient (Wildman–Crippen LogP) is 1.79. The van der Waals surface area contributed by atoms with Crippen LogP contribution in [0.25, 0.3) is 11.4 Å². The number of nitrogens with one attached hydrogen (secondary N) is 3. The number of amides is 4. The Bertz CT molecular complexity index is 1120. The van der Waals surface area contributed by atoms with Crippen LogP contribution in [0.5, 0.6) is 0 Å². The number of aryl methyl sites for hydroxylation is 1. The summed E-state index contributed by atoms with van der Waals surface area (Å²) >= 11 is 0. The first-order chi connectivity index (χ1) is 13.9. The number of carbonyl (C=O) groups is 3. The van der Waals surface area contributed by atoms with Crippen molar-refractivity contribution in [3.63, 3.8) is 0 Å². The lowest BCUT2D eigenvalue weighted by Gasteiger charge is -2.21. The Morgan fingerprint density at radius 3 is 2.52 bits per heavy atom. The number of urea groups is 1. The van der Waals surface area contributed by atoms with E-state index in [4.69, 9.17) is 0 Å². The molecular weight excluding hydrogens is 372 g/mol. The van der Waals surface area contributed by atoms with Gasteiger partial charge in [0.2, 0.25) is 0 Å². The summed E-state index contributed by atoms with van der Waals surface area (Å²) in [7, 11) is 1.84. The number of anilines is 1. The first-order valence-corrected chi connectivity index (χ1v) is 8.87. The molecular formula is C20H18N6O3. The highest BCUT2D eigenvalue weighted by molar-refractivity contribution is 6.07. The summed E-state index contributed by atoms with van der Waals surface area (Å²) in [4.78, 5) is 36.1. The minimum Gasteiger partial charge on any atom is -0.322 e. The van der Waals surface area contributed by atoms with E-state index in [1.54, 1.807) is 48.1 Å². The summed E-state index contributed by atoms with van der Waals surface area (Å²) in [6.07, 6.45) is 1.61. The van der Waals surface area contributed by atoms with Gasteiger partial charge < -0.3 is 15.2 Å². The van der Waals surface area contributed by atoms with Crippen LogP contribution in [0.3, 0.4) is 0 Å². The minimum absolute atomic E-state index is 0.295. The molecule has 146 valence electrons. The zero-order valence-electron chi connectivity index (χ0n) is 15.8. The molecule has 3 aromatic rings. The lowest BCUT2D eigenvalue weighted by molar-refractivity contribution is -0.123. The highest BCUT2D eigenvalue weighted by Crippen LogP contribution is 2.25. The molecule has 2 heterocycles. The van der Waals surface area contributed by atoms with Crippen LogP contribution in [0.2, 0.25) is 0 Å². The zero-order chi connectivity index (χ0) is 20.6. The standard InChI is InChI=1S/C20H18N6O3/c1-20(18(28)23-19(29)24-20)14-8-6-12(7-9-14)17(27)22-15-5-3-4-13(10-15)16-25-21-11-26(16)2/h3-11H,1-2H3,(H,22,27)(H2,23,24,28,29). The van der Waals surface area contributed by atoms with Crippen LogP contribution in [-0.4, -0.2) is 32.6 Å². The van der Waals surface area contributed by atoms with Gasteiger partial charge in [-0.25, -0.2) is 4.79 Å². The van der Waals surface area contributed by atoms with Gasteiger partial charge in [-0.2, -0.15) is 0 Å². The fourth-order valence-electron chi connectivity index (χ4n) is 3.19. The SMILES string of the molecule is Cn1cnnc1-c1cccc(NC(=O)c2ccc(C3(C)NC(=O)NC3=O)cc2)c1. The Balaban J connectivity index is 1.52. The molecule has 0 radical (unpaired) electrons.